The minimum Gasteiger partial charge on any atom is -0.490 e. The monoisotopic (exact) mass is 578 g/mol. The molecular formula is C30H38N6O6. The van der Waals surface area contributed by atoms with E-state index in [-0.39, 0.29) is 11.8 Å². The quantitative estimate of drug-likeness (QED) is 0.500. The van der Waals surface area contributed by atoms with E-state index in [4.69, 9.17) is 29.5 Å². The Kier molecular flexibility index (Phi) is 10.8. The Balaban J connectivity index is 0.000000230. The van der Waals surface area contributed by atoms with Crippen molar-refractivity contribution < 1.29 is 28.5 Å². The number of methoxy groups -OCH3 is 2. The molecule has 2 atom stereocenters. The van der Waals surface area contributed by atoms with Gasteiger partial charge < -0.3 is 28.7 Å². The molecule has 12 nitrogen and oxygen atoms in total. The van der Waals surface area contributed by atoms with Gasteiger partial charge in [0.05, 0.1) is 26.2 Å². The van der Waals surface area contributed by atoms with Gasteiger partial charge in [0, 0.05) is 50.1 Å². The van der Waals surface area contributed by atoms with E-state index >= 15 is 0 Å². The molecule has 0 N–H and O–H groups in total. The molecule has 224 valence electrons. The number of pyridine rings is 2. The number of ether oxygens (including phenoxy) is 4. The van der Waals surface area contributed by atoms with Crippen molar-refractivity contribution in [3.63, 3.8) is 0 Å². The van der Waals surface area contributed by atoms with Gasteiger partial charge in [-0.3, -0.25) is 19.6 Å². The minimum atomic E-state index is -0.842. The first-order valence-electron chi connectivity index (χ1n) is 13.8. The van der Waals surface area contributed by atoms with Gasteiger partial charge in [-0.2, -0.15) is 10.5 Å². The highest BCUT2D eigenvalue weighted by atomic mass is 16.5. The van der Waals surface area contributed by atoms with E-state index in [1.807, 2.05) is 13.8 Å². The summed E-state index contributed by atoms with van der Waals surface area (Å²) in [7, 11) is 3.08. The SMILES string of the molecule is CC[C@@](C)(OC)C(=O)N1CCOc2c(C#N)cncc2C1.CC[C@](C)(OC)C(=O)N1CCOc2c(C#N)cncc2C1. The lowest BCUT2D eigenvalue weighted by Crippen LogP contribution is -2.48. The largest absolute Gasteiger partial charge is 0.490 e. The fourth-order valence-electron chi connectivity index (χ4n) is 4.58. The molecule has 0 spiro atoms. The molecule has 4 heterocycles. The van der Waals surface area contributed by atoms with Crippen molar-refractivity contribution in [1.82, 2.24) is 19.8 Å². The first-order chi connectivity index (χ1) is 20.1. The number of aromatic nitrogens is 2. The van der Waals surface area contributed by atoms with E-state index in [9.17, 15) is 9.59 Å². The van der Waals surface area contributed by atoms with Crippen LogP contribution in [-0.2, 0) is 32.2 Å². The molecule has 0 aromatic carbocycles. The lowest BCUT2D eigenvalue weighted by atomic mass is 10.0. The minimum absolute atomic E-state index is 0.0775. The van der Waals surface area contributed by atoms with Gasteiger partial charge in [0.25, 0.3) is 11.8 Å². The van der Waals surface area contributed by atoms with Crippen LogP contribution in [0.15, 0.2) is 24.8 Å². The lowest BCUT2D eigenvalue weighted by molar-refractivity contribution is -0.154. The number of nitrogens with zero attached hydrogens (tertiary/aromatic N) is 6. The highest BCUT2D eigenvalue weighted by molar-refractivity contribution is 5.85. The molecule has 0 saturated heterocycles. The summed E-state index contributed by atoms with van der Waals surface area (Å²) in [6, 6.07) is 4.13. The third-order valence-electron chi connectivity index (χ3n) is 7.85. The summed E-state index contributed by atoms with van der Waals surface area (Å²) in [6.45, 7) is 9.75. The number of nitriles is 2. The molecule has 2 aromatic heterocycles. The van der Waals surface area contributed by atoms with Crippen molar-refractivity contribution in [2.24, 2.45) is 0 Å². The predicted octanol–water partition coefficient (Wildman–Crippen LogP) is 2.98. The zero-order chi connectivity index (χ0) is 30.9. The number of hydrogen-bond acceptors (Lipinski definition) is 10. The Morgan fingerprint density at radius 1 is 0.810 bits per heavy atom. The summed E-state index contributed by atoms with van der Waals surface area (Å²) in [6.07, 6.45) is 7.39. The van der Waals surface area contributed by atoms with E-state index in [1.54, 1.807) is 50.3 Å². The predicted molar refractivity (Wildman–Crippen MR) is 151 cm³/mol. The zero-order valence-electron chi connectivity index (χ0n) is 25.1. The summed E-state index contributed by atoms with van der Waals surface area (Å²) in [4.78, 5) is 36.8. The molecule has 0 radical (unpaired) electrons. The second-order valence-corrected chi connectivity index (χ2v) is 10.3. The van der Waals surface area contributed by atoms with Crippen LogP contribution in [0.4, 0.5) is 0 Å². The Labute approximate surface area is 246 Å². The molecule has 12 heteroatoms. The third-order valence-corrected chi connectivity index (χ3v) is 7.85. The van der Waals surface area contributed by atoms with Crippen LogP contribution in [0.25, 0.3) is 0 Å². The maximum Gasteiger partial charge on any atom is 0.254 e. The lowest BCUT2D eigenvalue weighted by Gasteiger charge is -2.31. The van der Waals surface area contributed by atoms with E-state index in [2.05, 4.69) is 22.1 Å². The van der Waals surface area contributed by atoms with Gasteiger partial charge in [-0.15, -0.1) is 0 Å². The summed E-state index contributed by atoms with van der Waals surface area (Å²) in [5.41, 5.74) is 0.595. The average Bonchev–Trinajstić information content (AvgIpc) is 3.39. The Morgan fingerprint density at radius 3 is 1.50 bits per heavy atom. The van der Waals surface area contributed by atoms with Crippen LogP contribution in [-0.4, -0.2) is 83.3 Å². The van der Waals surface area contributed by atoms with Crippen LogP contribution in [0.3, 0.4) is 0 Å². The van der Waals surface area contributed by atoms with Gasteiger partial charge >= 0.3 is 0 Å². The smallest absolute Gasteiger partial charge is 0.254 e. The van der Waals surface area contributed by atoms with Crippen LogP contribution in [0.5, 0.6) is 11.5 Å². The molecule has 2 amide bonds. The molecule has 0 aliphatic carbocycles. The molecule has 0 saturated carbocycles. The van der Waals surface area contributed by atoms with Gasteiger partial charge in [-0.25, -0.2) is 0 Å². The van der Waals surface area contributed by atoms with Crippen molar-refractivity contribution >= 4 is 11.8 Å². The highest BCUT2D eigenvalue weighted by Crippen LogP contribution is 2.29. The first-order valence-corrected chi connectivity index (χ1v) is 13.8. The summed E-state index contributed by atoms with van der Waals surface area (Å²) in [5.74, 6) is 0.898. The number of carbonyl (C=O) groups excluding carboxylic acids is 2. The normalized spacial score (nSPS) is 17.0. The Hall–Kier alpha value is -4.26. The van der Waals surface area contributed by atoms with Crippen molar-refractivity contribution in [2.75, 3.05) is 40.5 Å². The topological polar surface area (TPSA) is 151 Å². The fourth-order valence-corrected chi connectivity index (χ4v) is 4.58. The van der Waals surface area contributed by atoms with Crippen LogP contribution < -0.4 is 9.47 Å². The molecule has 0 bridgehead atoms. The summed E-state index contributed by atoms with van der Waals surface area (Å²) in [5, 5.41) is 18.2. The van der Waals surface area contributed by atoms with Crippen molar-refractivity contribution in [3.8, 4) is 23.6 Å². The molecule has 42 heavy (non-hydrogen) atoms. The van der Waals surface area contributed by atoms with E-state index in [1.165, 1.54) is 12.4 Å². The molecular weight excluding hydrogens is 540 g/mol. The van der Waals surface area contributed by atoms with Gasteiger partial charge in [0.2, 0.25) is 0 Å². The molecule has 2 aromatic rings. The van der Waals surface area contributed by atoms with Crippen LogP contribution in [0, 0.1) is 22.7 Å². The van der Waals surface area contributed by atoms with Gasteiger partial charge in [-0.1, -0.05) is 13.8 Å². The van der Waals surface area contributed by atoms with E-state index < -0.39 is 11.2 Å². The van der Waals surface area contributed by atoms with E-state index in [0.717, 1.165) is 11.1 Å². The molecule has 2 aliphatic heterocycles. The van der Waals surface area contributed by atoms with Crippen molar-refractivity contribution in [3.05, 3.63) is 47.0 Å². The first kappa shape index (κ1) is 32.3. The summed E-state index contributed by atoms with van der Waals surface area (Å²) < 4.78 is 22.0. The maximum atomic E-state index is 12.7. The van der Waals surface area contributed by atoms with Gasteiger partial charge in [-0.05, 0) is 26.7 Å². The van der Waals surface area contributed by atoms with E-state index in [0.29, 0.717) is 74.9 Å². The van der Waals surface area contributed by atoms with Crippen molar-refractivity contribution in [1.29, 1.82) is 10.5 Å². The number of hydrogen-bond donors (Lipinski definition) is 0. The standard InChI is InChI=1S/2C15H19N3O3/c2*1-4-15(2,20-3)14(19)18-5-6-21-13-11(7-16)8-17-9-12(13)10-18/h2*8-9H,4-6,10H2,1-3H3/t2*15-/m10/s1. The second-order valence-electron chi connectivity index (χ2n) is 10.3. The fraction of sp³-hybridized carbons (Fsp3) is 0.533. The molecule has 0 unspecified atom stereocenters. The summed E-state index contributed by atoms with van der Waals surface area (Å²) >= 11 is 0. The van der Waals surface area contributed by atoms with Gasteiger partial charge in [0.15, 0.2) is 0 Å². The third kappa shape index (κ3) is 6.78. The Morgan fingerprint density at radius 2 is 1.19 bits per heavy atom. The van der Waals surface area contributed by atoms with Crippen molar-refractivity contribution in [2.45, 2.75) is 64.8 Å². The number of amides is 2. The number of carbonyl (C=O) groups is 2. The molecule has 2 aliphatic rings. The van der Waals surface area contributed by atoms with Gasteiger partial charge in [0.1, 0.15) is 59.2 Å². The average molecular weight is 579 g/mol. The zero-order valence-corrected chi connectivity index (χ0v) is 25.1. The van der Waals surface area contributed by atoms with Crippen LogP contribution in [0.1, 0.15) is 62.8 Å². The highest BCUT2D eigenvalue weighted by Gasteiger charge is 2.37. The Bertz CT molecular complexity index is 1260. The number of rotatable bonds is 6. The number of fused-ring (bicyclic) bond motifs is 2. The second kappa shape index (κ2) is 14.1. The van der Waals surface area contributed by atoms with Crippen LogP contribution in [0.2, 0.25) is 0 Å². The molecule has 4 rings (SSSR count). The van der Waals surface area contributed by atoms with Crippen LogP contribution >= 0.6 is 0 Å². The molecule has 0 fully saturated rings. The maximum absolute atomic E-state index is 12.7.